The fourth-order valence-electron chi connectivity index (χ4n) is 2.36. The summed E-state index contributed by atoms with van der Waals surface area (Å²) < 4.78 is 0. The van der Waals surface area contributed by atoms with Gasteiger partial charge in [-0.3, -0.25) is 9.69 Å². The molecule has 1 amide bonds. The second kappa shape index (κ2) is 5.75. The number of carbonyl (C=O) groups is 1. The third-order valence-electron chi connectivity index (χ3n) is 3.63. The van der Waals surface area contributed by atoms with Crippen LogP contribution < -0.4 is 5.73 Å². The van der Waals surface area contributed by atoms with Crippen LogP contribution in [0.15, 0.2) is 12.3 Å². The zero-order valence-electron chi connectivity index (χ0n) is 11.3. The number of amides is 1. The molecule has 104 valence electrons. The third kappa shape index (κ3) is 2.98. The van der Waals surface area contributed by atoms with Gasteiger partial charge in [-0.25, -0.2) is 4.98 Å². The second-order valence-electron chi connectivity index (χ2n) is 4.90. The topological polar surface area (TPSA) is 62.5 Å². The molecule has 0 radical (unpaired) electrons. The summed E-state index contributed by atoms with van der Waals surface area (Å²) >= 11 is 5.98. The van der Waals surface area contributed by atoms with Crippen LogP contribution in [-0.4, -0.2) is 53.4 Å². The predicted molar refractivity (Wildman–Crippen MR) is 76.3 cm³/mol. The quantitative estimate of drug-likeness (QED) is 0.835. The minimum absolute atomic E-state index is 0.0867. The van der Waals surface area contributed by atoms with Crippen LogP contribution in [0.1, 0.15) is 23.7 Å². The van der Waals surface area contributed by atoms with Crippen LogP contribution in [0.5, 0.6) is 0 Å². The number of nitrogens with two attached hydrogens (primary N) is 1. The first-order valence-corrected chi connectivity index (χ1v) is 6.81. The van der Waals surface area contributed by atoms with Crippen molar-refractivity contribution in [1.29, 1.82) is 0 Å². The molecule has 1 atom stereocenters. The van der Waals surface area contributed by atoms with Gasteiger partial charge in [-0.2, -0.15) is 0 Å². The molecule has 19 heavy (non-hydrogen) atoms. The van der Waals surface area contributed by atoms with Gasteiger partial charge in [0.25, 0.3) is 5.91 Å². The van der Waals surface area contributed by atoms with E-state index in [1.807, 2.05) is 4.90 Å². The van der Waals surface area contributed by atoms with Crippen molar-refractivity contribution in [2.45, 2.75) is 19.4 Å². The van der Waals surface area contributed by atoms with E-state index in [1.165, 1.54) is 6.20 Å². The predicted octanol–water partition coefficient (Wildman–Crippen LogP) is 1.48. The van der Waals surface area contributed by atoms with E-state index in [2.05, 4.69) is 23.9 Å². The molecule has 0 spiro atoms. The van der Waals surface area contributed by atoms with Crippen LogP contribution >= 0.6 is 11.6 Å². The van der Waals surface area contributed by atoms with E-state index in [-0.39, 0.29) is 11.1 Å². The Labute approximate surface area is 118 Å². The molecule has 0 bridgehead atoms. The number of pyridine rings is 1. The van der Waals surface area contributed by atoms with Gasteiger partial charge in [0.15, 0.2) is 0 Å². The maximum Gasteiger partial charge on any atom is 0.257 e. The molecule has 0 aromatic carbocycles. The smallest absolute Gasteiger partial charge is 0.257 e. The third-order valence-corrected chi connectivity index (χ3v) is 3.93. The van der Waals surface area contributed by atoms with E-state index in [4.69, 9.17) is 17.3 Å². The average molecular weight is 283 g/mol. The van der Waals surface area contributed by atoms with Gasteiger partial charge in [0.2, 0.25) is 0 Å². The van der Waals surface area contributed by atoms with Crippen molar-refractivity contribution < 1.29 is 4.79 Å². The average Bonchev–Trinajstić information content (AvgIpc) is 2.41. The molecule has 1 aromatic rings. The standard InChI is InChI=1S/C13H19ClN4O/c1-3-10-8-18(5-4-17(10)2)13(19)11-6-9(15)7-16-12(11)14/h6-7,10H,3-5,8,15H2,1-2H3. The van der Waals surface area contributed by atoms with Gasteiger partial charge in [-0.05, 0) is 19.5 Å². The molecule has 5 nitrogen and oxygen atoms in total. The van der Waals surface area contributed by atoms with Crippen molar-refractivity contribution >= 4 is 23.2 Å². The number of anilines is 1. The zero-order chi connectivity index (χ0) is 14.0. The fourth-order valence-corrected chi connectivity index (χ4v) is 2.54. The van der Waals surface area contributed by atoms with E-state index in [9.17, 15) is 4.79 Å². The molecule has 6 heteroatoms. The lowest BCUT2D eigenvalue weighted by atomic mass is 10.1. The van der Waals surface area contributed by atoms with Crippen LogP contribution in [0.4, 0.5) is 5.69 Å². The number of likely N-dealkylation sites (N-methyl/N-ethyl adjacent to an activating group) is 1. The summed E-state index contributed by atoms with van der Waals surface area (Å²) in [5, 5.41) is 0.214. The summed E-state index contributed by atoms with van der Waals surface area (Å²) in [5.41, 5.74) is 6.51. The molecule has 0 saturated carbocycles. The number of aromatic nitrogens is 1. The second-order valence-corrected chi connectivity index (χ2v) is 5.26. The lowest BCUT2D eigenvalue weighted by Crippen LogP contribution is -2.53. The minimum Gasteiger partial charge on any atom is -0.397 e. The van der Waals surface area contributed by atoms with E-state index in [0.717, 1.165) is 19.5 Å². The number of hydrogen-bond donors (Lipinski definition) is 1. The largest absolute Gasteiger partial charge is 0.397 e. The Hall–Kier alpha value is -1.33. The lowest BCUT2D eigenvalue weighted by molar-refractivity contribution is 0.0541. The van der Waals surface area contributed by atoms with E-state index in [0.29, 0.717) is 23.8 Å². The monoisotopic (exact) mass is 282 g/mol. The summed E-state index contributed by atoms with van der Waals surface area (Å²) in [6.07, 6.45) is 2.47. The van der Waals surface area contributed by atoms with Crippen molar-refractivity contribution in [3.63, 3.8) is 0 Å². The number of rotatable bonds is 2. The molecular weight excluding hydrogens is 264 g/mol. The number of halogens is 1. The first-order chi connectivity index (χ1) is 9.02. The molecule has 1 fully saturated rings. The molecule has 2 heterocycles. The highest BCUT2D eigenvalue weighted by molar-refractivity contribution is 6.32. The van der Waals surface area contributed by atoms with Gasteiger partial charge in [-0.1, -0.05) is 18.5 Å². The van der Waals surface area contributed by atoms with Gasteiger partial charge in [0, 0.05) is 25.7 Å². The molecule has 2 N–H and O–H groups in total. The molecule has 0 aliphatic carbocycles. The Balaban J connectivity index is 2.18. The van der Waals surface area contributed by atoms with Crippen LogP contribution in [0, 0.1) is 0 Å². The summed E-state index contributed by atoms with van der Waals surface area (Å²) in [6, 6.07) is 1.99. The van der Waals surface area contributed by atoms with E-state index in [1.54, 1.807) is 6.07 Å². The maximum atomic E-state index is 12.5. The summed E-state index contributed by atoms with van der Waals surface area (Å²) in [5.74, 6) is -0.0867. The van der Waals surface area contributed by atoms with Gasteiger partial charge in [0.05, 0.1) is 17.4 Å². The van der Waals surface area contributed by atoms with Crippen molar-refractivity contribution in [3.05, 3.63) is 23.0 Å². The van der Waals surface area contributed by atoms with Gasteiger partial charge < -0.3 is 10.6 Å². The van der Waals surface area contributed by atoms with Crippen LogP contribution in [0.2, 0.25) is 5.15 Å². The molecule has 1 aromatic heterocycles. The van der Waals surface area contributed by atoms with Gasteiger partial charge in [-0.15, -0.1) is 0 Å². The Morgan fingerprint density at radius 3 is 3.00 bits per heavy atom. The number of carbonyl (C=O) groups excluding carboxylic acids is 1. The first kappa shape index (κ1) is 14.1. The van der Waals surface area contributed by atoms with E-state index >= 15 is 0 Å². The number of nitrogen functional groups attached to an aromatic ring is 1. The Bertz CT molecular complexity index is 480. The molecule has 1 unspecified atom stereocenters. The Kier molecular flexibility index (Phi) is 4.27. The number of hydrogen-bond acceptors (Lipinski definition) is 4. The first-order valence-electron chi connectivity index (χ1n) is 6.43. The van der Waals surface area contributed by atoms with Crippen LogP contribution in [0.3, 0.4) is 0 Å². The maximum absolute atomic E-state index is 12.5. The number of piperazine rings is 1. The van der Waals surface area contributed by atoms with Crippen molar-refractivity contribution in [3.8, 4) is 0 Å². The summed E-state index contributed by atoms with van der Waals surface area (Å²) in [7, 11) is 2.09. The zero-order valence-corrected chi connectivity index (χ0v) is 12.0. The highest BCUT2D eigenvalue weighted by atomic mass is 35.5. The highest BCUT2D eigenvalue weighted by Crippen LogP contribution is 2.20. The molecule has 1 aliphatic rings. The molecule has 2 rings (SSSR count). The molecule has 1 aliphatic heterocycles. The molecule has 1 saturated heterocycles. The van der Waals surface area contributed by atoms with Crippen LogP contribution in [-0.2, 0) is 0 Å². The van der Waals surface area contributed by atoms with E-state index < -0.39 is 0 Å². The Morgan fingerprint density at radius 2 is 2.32 bits per heavy atom. The highest BCUT2D eigenvalue weighted by Gasteiger charge is 2.28. The van der Waals surface area contributed by atoms with Crippen LogP contribution in [0.25, 0.3) is 0 Å². The summed E-state index contributed by atoms with van der Waals surface area (Å²) in [6.45, 7) is 4.43. The van der Waals surface area contributed by atoms with Gasteiger partial charge in [0.1, 0.15) is 5.15 Å². The fraction of sp³-hybridized carbons (Fsp3) is 0.538. The lowest BCUT2D eigenvalue weighted by Gasteiger charge is -2.39. The SMILES string of the molecule is CCC1CN(C(=O)c2cc(N)cnc2Cl)CCN1C. The number of nitrogens with zero attached hydrogens (tertiary/aromatic N) is 3. The molecular formula is C13H19ClN4O. The summed E-state index contributed by atoms with van der Waals surface area (Å²) in [4.78, 5) is 20.5. The van der Waals surface area contributed by atoms with Crippen molar-refractivity contribution in [2.75, 3.05) is 32.4 Å². The minimum atomic E-state index is -0.0867. The Morgan fingerprint density at radius 1 is 1.58 bits per heavy atom. The van der Waals surface area contributed by atoms with Gasteiger partial charge >= 0.3 is 0 Å². The normalized spacial score (nSPS) is 20.6. The van der Waals surface area contributed by atoms with Crippen molar-refractivity contribution in [1.82, 2.24) is 14.8 Å². The van der Waals surface area contributed by atoms with Crippen molar-refractivity contribution in [2.24, 2.45) is 0 Å².